The van der Waals surface area contributed by atoms with Gasteiger partial charge in [-0.3, -0.25) is 4.79 Å². The Morgan fingerprint density at radius 2 is 1.38 bits per heavy atom. The first-order valence-electron chi connectivity index (χ1n) is 6.78. The summed E-state index contributed by atoms with van der Waals surface area (Å²) in [4.78, 5) is 9.96. The minimum atomic E-state index is 0.483. The molecular weight excluding hydrogens is 200 g/mol. The van der Waals surface area contributed by atoms with E-state index in [1.54, 1.807) is 0 Å². The van der Waals surface area contributed by atoms with E-state index in [1.165, 1.54) is 64.2 Å². The zero-order valence-corrected chi connectivity index (χ0v) is 10.3. The molecule has 0 aliphatic heterocycles. The van der Waals surface area contributed by atoms with Gasteiger partial charge in [-0.1, -0.05) is 38.5 Å². The Morgan fingerprint density at radius 3 is 1.75 bits per heavy atom. The van der Waals surface area contributed by atoms with Crippen molar-refractivity contribution in [1.82, 2.24) is 5.32 Å². The highest BCUT2D eigenvalue weighted by atomic mass is 16.1. The van der Waals surface area contributed by atoms with Crippen LogP contribution in [0.4, 0.5) is 0 Å². The van der Waals surface area contributed by atoms with E-state index in [1.807, 2.05) is 0 Å². The Hall–Kier alpha value is -0.570. The molecule has 1 amide bonds. The van der Waals surface area contributed by atoms with Crippen molar-refractivity contribution in [3.05, 3.63) is 0 Å². The number of rotatable bonds is 2. The van der Waals surface area contributed by atoms with Gasteiger partial charge in [-0.2, -0.15) is 0 Å². The van der Waals surface area contributed by atoms with Crippen molar-refractivity contribution in [2.45, 2.75) is 76.3 Å². The van der Waals surface area contributed by atoms with Gasteiger partial charge in [-0.05, 0) is 25.7 Å². The second-order valence-electron chi connectivity index (χ2n) is 5.02. The highest BCUT2D eigenvalue weighted by molar-refractivity contribution is 5.46. The van der Waals surface area contributed by atoms with E-state index in [0.29, 0.717) is 12.1 Å². The molecular formula is C13H26N2O. The molecule has 94 valence electrons. The van der Waals surface area contributed by atoms with E-state index in [9.17, 15) is 4.79 Å². The summed E-state index contributed by atoms with van der Waals surface area (Å²) < 4.78 is 0. The van der Waals surface area contributed by atoms with Crippen LogP contribution < -0.4 is 11.1 Å². The average molecular weight is 226 g/mol. The lowest BCUT2D eigenvalue weighted by molar-refractivity contribution is -0.110. The van der Waals surface area contributed by atoms with Crippen LogP contribution in [0.15, 0.2) is 0 Å². The number of nitrogens with one attached hydrogen (secondary N) is 1. The van der Waals surface area contributed by atoms with Gasteiger partial charge in [0.2, 0.25) is 6.41 Å². The molecule has 0 unspecified atom stereocenters. The third kappa shape index (κ3) is 6.11. The number of amides is 1. The Morgan fingerprint density at radius 1 is 0.875 bits per heavy atom. The third-order valence-corrected chi connectivity index (χ3v) is 3.56. The number of carbonyl (C=O) groups excluding carboxylic acids is 1. The summed E-state index contributed by atoms with van der Waals surface area (Å²) >= 11 is 0. The monoisotopic (exact) mass is 226 g/mol. The maximum Gasteiger partial charge on any atom is 0.207 e. The summed E-state index contributed by atoms with van der Waals surface area (Å²) in [5.74, 6) is 0. The van der Waals surface area contributed by atoms with Crippen LogP contribution in [0.25, 0.3) is 0 Å². The van der Waals surface area contributed by atoms with E-state index in [2.05, 4.69) is 5.32 Å². The van der Waals surface area contributed by atoms with Crippen LogP contribution in [0.3, 0.4) is 0 Å². The Bertz CT molecular complexity index is 173. The highest BCUT2D eigenvalue weighted by Gasteiger charge is 2.10. The van der Waals surface area contributed by atoms with Gasteiger partial charge in [-0.25, -0.2) is 0 Å². The second-order valence-corrected chi connectivity index (χ2v) is 5.02. The smallest absolute Gasteiger partial charge is 0.207 e. The molecule has 0 bridgehead atoms. The van der Waals surface area contributed by atoms with Gasteiger partial charge in [0.1, 0.15) is 0 Å². The minimum Gasteiger partial charge on any atom is -0.356 e. The van der Waals surface area contributed by atoms with Crippen LogP contribution in [-0.4, -0.2) is 18.5 Å². The van der Waals surface area contributed by atoms with Crippen molar-refractivity contribution in [1.29, 1.82) is 0 Å². The molecule has 2 aliphatic rings. The number of hydrogen-bond donors (Lipinski definition) is 2. The van der Waals surface area contributed by atoms with Gasteiger partial charge in [0.05, 0.1) is 0 Å². The zero-order chi connectivity index (χ0) is 11.6. The first-order valence-corrected chi connectivity index (χ1v) is 6.78. The second kappa shape index (κ2) is 8.57. The standard InChI is InChI=1S/C7H13NO.C6H13N/c9-6-8-7-4-2-1-3-5-7;7-6-4-2-1-3-5-6/h6-7H,1-5H2,(H,8,9);6H,1-5,7H2. The van der Waals surface area contributed by atoms with Crippen molar-refractivity contribution < 1.29 is 4.79 Å². The number of hydrogen-bond acceptors (Lipinski definition) is 2. The van der Waals surface area contributed by atoms with Crippen molar-refractivity contribution in [2.24, 2.45) is 5.73 Å². The average Bonchev–Trinajstić information content (AvgIpc) is 2.33. The molecule has 0 aromatic heterocycles. The summed E-state index contributed by atoms with van der Waals surface area (Å²) in [5, 5.41) is 2.80. The molecule has 16 heavy (non-hydrogen) atoms. The first kappa shape index (κ1) is 13.5. The molecule has 0 atom stereocenters. The Kier molecular flexibility index (Phi) is 7.23. The topological polar surface area (TPSA) is 55.1 Å². The molecule has 0 heterocycles. The molecule has 3 nitrogen and oxygen atoms in total. The van der Waals surface area contributed by atoms with Crippen molar-refractivity contribution in [2.75, 3.05) is 0 Å². The van der Waals surface area contributed by atoms with Gasteiger partial charge in [-0.15, -0.1) is 0 Å². The summed E-state index contributed by atoms with van der Waals surface area (Å²) in [6.07, 6.45) is 13.7. The van der Waals surface area contributed by atoms with Crippen LogP contribution in [-0.2, 0) is 4.79 Å². The zero-order valence-electron chi connectivity index (χ0n) is 10.3. The van der Waals surface area contributed by atoms with Gasteiger partial charge < -0.3 is 11.1 Å². The molecule has 0 aromatic rings. The third-order valence-electron chi connectivity index (χ3n) is 3.56. The lowest BCUT2D eigenvalue weighted by Gasteiger charge is -2.19. The maximum atomic E-state index is 9.96. The van der Waals surface area contributed by atoms with E-state index in [0.717, 1.165) is 6.41 Å². The molecule has 0 saturated heterocycles. The first-order chi connectivity index (χ1) is 7.83. The number of nitrogens with two attached hydrogens (primary N) is 1. The fourth-order valence-electron chi connectivity index (χ4n) is 2.50. The number of carbonyl (C=O) groups is 1. The highest BCUT2D eigenvalue weighted by Crippen LogP contribution is 2.16. The normalized spacial score (nSPS) is 23.1. The fourth-order valence-corrected chi connectivity index (χ4v) is 2.50. The van der Waals surface area contributed by atoms with Crippen molar-refractivity contribution in [3.8, 4) is 0 Å². The molecule has 0 aromatic carbocycles. The molecule has 2 saturated carbocycles. The quantitative estimate of drug-likeness (QED) is 0.710. The molecule has 0 radical (unpaired) electrons. The van der Waals surface area contributed by atoms with Crippen LogP contribution in [0.5, 0.6) is 0 Å². The predicted octanol–water partition coefficient (Wildman–Crippen LogP) is 2.34. The fraction of sp³-hybridized carbons (Fsp3) is 0.923. The van der Waals surface area contributed by atoms with E-state index >= 15 is 0 Å². The van der Waals surface area contributed by atoms with Gasteiger partial charge in [0.15, 0.2) is 0 Å². The minimum absolute atomic E-state index is 0.483. The van der Waals surface area contributed by atoms with Gasteiger partial charge in [0.25, 0.3) is 0 Å². The van der Waals surface area contributed by atoms with Gasteiger partial charge in [0, 0.05) is 12.1 Å². The molecule has 2 fully saturated rings. The van der Waals surface area contributed by atoms with E-state index in [-0.39, 0.29) is 0 Å². The van der Waals surface area contributed by atoms with Gasteiger partial charge >= 0.3 is 0 Å². The van der Waals surface area contributed by atoms with Crippen LogP contribution in [0, 0.1) is 0 Å². The van der Waals surface area contributed by atoms with E-state index in [4.69, 9.17) is 5.73 Å². The molecule has 0 spiro atoms. The lowest BCUT2D eigenvalue weighted by atomic mass is 9.96. The summed E-state index contributed by atoms with van der Waals surface area (Å²) in [5.41, 5.74) is 5.63. The van der Waals surface area contributed by atoms with Crippen LogP contribution >= 0.6 is 0 Å². The molecule has 2 rings (SSSR count). The summed E-state index contributed by atoms with van der Waals surface area (Å²) in [6, 6.07) is 1.02. The predicted molar refractivity (Wildman–Crippen MR) is 67.1 cm³/mol. The lowest BCUT2D eigenvalue weighted by Crippen LogP contribution is -2.29. The van der Waals surface area contributed by atoms with Crippen molar-refractivity contribution >= 4 is 6.41 Å². The summed E-state index contributed by atoms with van der Waals surface area (Å²) in [6.45, 7) is 0. The van der Waals surface area contributed by atoms with Crippen LogP contribution in [0.1, 0.15) is 64.2 Å². The Balaban J connectivity index is 0.000000165. The molecule has 3 N–H and O–H groups in total. The molecule has 3 heteroatoms. The Labute approximate surface area is 99.2 Å². The van der Waals surface area contributed by atoms with E-state index < -0.39 is 0 Å². The molecule has 2 aliphatic carbocycles. The largest absolute Gasteiger partial charge is 0.356 e. The SMILES string of the molecule is NC1CCCCC1.O=CNC1CCCCC1. The summed E-state index contributed by atoms with van der Waals surface area (Å²) in [7, 11) is 0. The maximum absolute atomic E-state index is 9.96. The van der Waals surface area contributed by atoms with Crippen molar-refractivity contribution in [3.63, 3.8) is 0 Å². The van der Waals surface area contributed by atoms with Crippen LogP contribution in [0.2, 0.25) is 0 Å².